The highest BCUT2D eigenvalue weighted by atomic mass is 16.5. The fraction of sp³-hybridized carbons (Fsp3) is 0.296. The second-order valence-electron chi connectivity index (χ2n) is 9.53. The van der Waals surface area contributed by atoms with E-state index in [0.717, 1.165) is 16.0 Å². The molecule has 0 radical (unpaired) electrons. The van der Waals surface area contributed by atoms with Crippen LogP contribution in [-0.4, -0.2) is 67.5 Å². The Morgan fingerprint density at radius 1 is 1.05 bits per heavy atom. The van der Waals surface area contributed by atoms with E-state index < -0.39 is 41.5 Å². The van der Waals surface area contributed by atoms with Crippen molar-refractivity contribution < 1.29 is 28.7 Å². The normalized spacial score (nSPS) is 17.4. The largest absolute Gasteiger partial charge is 0.493 e. The zero-order valence-corrected chi connectivity index (χ0v) is 21.5. The first-order valence-electron chi connectivity index (χ1n) is 12.6. The van der Waals surface area contributed by atoms with Gasteiger partial charge >= 0.3 is 0 Å². The van der Waals surface area contributed by atoms with Crippen LogP contribution >= 0.6 is 0 Å². The number of hydrogen-bond donors (Lipinski definition) is 2. The number of nitrogens with one attached hydrogen (secondary N) is 1. The average molecular weight is 544 g/mol. The number of rotatable bonds is 9. The number of benzene rings is 2. The lowest BCUT2D eigenvalue weighted by Crippen LogP contribution is -2.54. The molecule has 5 amide bonds. The van der Waals surface area contributed by atoms with E-state index in [4.69, 9.17) is 10.5 Å². The van der Waals surface area contributed by atoms with Crippen LogP contribution in [0.2, 0.25) is 0 Å². The lowest BCUT2D eigenvalue weighted by atomic mass is 9.95. The average Bonchev–Trinajstić information content (AvgIpc) is 3.19. The van der Waals surface area contributed by atoms with Gasteiger partial charge in [-0.2, -0.15) is 0 Å². The van der Waals surface area contributed by atoms with E-state index in [1.54, 1.807) is 19.1 Å². The van der Waals surface area contributed by atoms with Gasteiger partial charge in [0.25, 0.3) is 11.8 Å². The van der Waals surface area contributed by atoms with Crippen molar-refractivity contribution in [3.63, 3.8) is 0 Å². The molecule has 3 heterocycles. The van der Waals surface area contributed by atoms with E-state index >= 15 is 0 Å². The molecular formula is C27H25N7O6. The van der Waals surface area contributed by atoms with Crippen LogP contribution in [0.1, 0.15) is 51.4 Å². The monoisotopic (exact) mass is 543 g/mol. The molecule has 2 aliphatic heterocycles. The van der Waals surface area contributed by atoms with Gasteiger partial charge in [0, 0.05) is 17.9 Å². The molecule has 3 aromatic rings. The SMILES string of the molecule is Cc1nnc(-c2ccc(CC(CCOc3cccc4c3C(=O)N(C3CCC(=O)NC3=O)C4=O)C(N)=O)cc2)nn1. The van der Waals surface area contributed by atoms with E-state index in [0.29, 0.717) is 18.1 Å². The first-order valence-corrected chi connectivity index (χ1v) is 12.6. The molecule has 0 spiro atoms. The second-order valence-corrected chi connectivity index (χ2v) is 9.53. The number of aryl methyl sites for hydroxylation is 1. The molecule has 5 rings (SSSR count). The molecule has 0 saturated carbocycles. The van der Waals surface area contributed by atoms with Crippen LogP contribution in [0.15, 0.2) is 42.5 Å². The number of imide groups is 2. The Balaban J connectivity index is 1.24. The number of amides is 5. The first-order chi connectivity index (χ1) is 19.2. The summed E-state index contributed by atoms with van der Waals surface area (Å²) in [6.45, 7) is 1.75. The molecule has 40 heavy (non-hydrogen) atoms. The molecule has 13 nitrogen and oxygen atoms in total. The van der Waals surface area contributed by atoms with E-state index in [-0.39, 0.29) is 42.7 Å². The van der Waals surface area contributed by atoms with Crippen molar-refractivity contribution in [2.24, 2.45) is 11.7 Å². The Morgan fingerprint density at radius 2 is 1.77 bits per heavy atom. The lowest BCUT2D eigenvalue weighted by molar-refractivity contribution is -0.136. The summed E-state index contributed by atoms with van der Waals surface area (Å²) in [5.41, 5.74) is 7.41. The number of piperidine rings is 1. The molecule has 1 aromatic heterocycles. The molecule has 1 saturated heterocycles. The number of ether oxygens (including phenoxy) is 1. The highest BCUT2D eigenvalue weighted by molar-refractivity contribution is 6.24. The van der Waals surface area contributed by atoms with Gasteiger partial charge in [0.05, 0.1) is 17.7 Å². The van der Waals surface area contributed by atoms with Gasteiger partial charge in [0.15, 0.2) is 5.82 Å². The summed E-state index contributed by atoms with van der Waals surface area (Å²) >= 11 is 0. The zero-order valence-electron chi connectivity index (χ0n) is 21.5. The lowest BCUT2D eigenvalue weighted by Gasteiger charge is -2.27. The van der Waals surface area contributed by atoms with Gasteiger partial charge in [-0.15, -0.1) is 20.4 Å². The Bertz CT molecular complexity index is 1510. The quantitative estimate of drug-likeness (QED) is 0.365. The number of nitrogens with two attached hydrogens (primary N) is 1. The van der Waals surface area contributed by atoms with Crippen LogP contribution in [0.25, 0.3) is 11.4 Å². The summed E-state index contributed by atoms with van der Waals surface area (Å²) in [6, 6.07) is 10.8. The number of primary amides is 1. The fourth-order valence-corrected chi connectivity index (χ4v) is 4.73. The topological polar surface area (TPSA) is 187 Å². The minimum Gasteiger partial charge on any atom is -0.493 e. The van der Waals surface area contributed by atoms with Gasteiger partial charge in [-0.3, -0.25) is 34.2 Å². The van der Waals surface area contributed by atoms with Crippen LogP contribution < -0.4 is 15.8 Å². The molecule has 2 unspecified atom stereocenters. The van der Waals surface area contributed by atoms with Crippen molar-refractivity contribution in [2.45, 2.75) is 38.6 Å². The van der Waals surface area contributed by atoms with Gasteiger partial charge in [0.2, 0.25) is 23.5 Å². The third kappa shape index (κ3) is 5.25. The van der Waals surface area contributed by atoms with Crippen molar-refractivity contribution in [3.8, 4) is 17.1 Å². The molecule has 2 aromatic carbocycles. The van der Waals surface area contributed by atoms with Crippen molar-refractivity contribution in [3.05, 3.63) is 65.0 Å². The smallest absolute Gasteiger partial charge is 0.266 e. The second kappa shape index (κ2) is 11.0. The molecule has 13 heteroatoms. The van der Waals surface area contributed by atoms with Crippen molar-refractivity contribution in [1.29, 1.82) is 0 Å². The van der Waals surface area contributed by atoms with Crippen molar-refractivity contribution >= 4 is 29.5 Å². The van der Waals surface area contributed by atoms with Gasteiger partial charge in [-0.05, 0) is 43.9 Å². The molecule has 2 atom stereocenters. The van der Waals surface area contributed by atoms with Crippen LogP contribution in [0, 0.1) is 12.8 Å². The Morgan fingerprint density at radius 3 is 2.45 bits per heavy atom. The highest BCUT2D eigenvalue weighted by Gasteiger charge is 2.46. The fourth-order valence-electron chi connectivity index (χ4n) is 4.73. The van der Waals surface area contributed by atoms with Gasteiger partial charge < -0.3 is 10.5 Å². The molecule has 0 aliphatic carbocycles. The summed E-state index contributed by atoms with van der Waals surface area (Å²) in [6.07, 6.45) is 0.699. The molecule has 3 N–H and O–H groups in total. The Labute approximate surface area is 228 Å². The molecule has 2 aliphatic rings. The third-order valence-electron chi connectivity index (χ3n) is 6.83. The summed E-state index contributed by atoms with van der Waals surface area (Å²) in [7, 11) is 0. The number of carbonyl (C=O) groups is 5. The molecule has 0 bridgehead atoms. The van der Waals surface area contributed by atoms with E-state index in [9.17, 15) is 24.0 Å². The van der Waals surface area contributed by atoms with Crippen LogP contribution in [-0.2, 0) is 20.8 Å². The maximum atomic E-state index is 13.2. The predicted octanol–water partition coefficient (Wildman–Crippen LogP) is 0.756. The van der Waals surface area contributed by atoms with Crippen molar-refractivity contribution in [1.82, 2.24) is 30.6 Å². The van der Waals surface area contributed by atoms with Crippen LogP contribution in [0.4, 0.5) is 0 Å². The summed E-state index contributed by atoms with van der Waals surface area (Å²) < 4.78 is 5.86. The van der Waals surface area contributed by atoms with E-state index in [1.165, 1.54) is 6.07 Å². The van der Waals surface area contributed by atoms with Crippen molar-refractivity contribution in [2.75, 3.05) is 6.61 Å². The summed E-state index contributed by atoms with van der Waals surface area (Å²) in [5, 5.41) is 18.0. The Hall–Kier alpha value is -5.07. The zero-order chi connectivity index (χ0) is 28.4. The number of aromatic nitrogens is 4. The number of hydrogen-bond acceptors (Lipinski definition) is 10. The van der Waals surface area contributed by atoms with Crippen LogP contribution in [0.3, 0.4) is 0 Å². The highest BCUT2D eigenvalue weighted by Crippen LogP contribution is 2.34. The number of fused-ring (bicyclic) bond motifs is 1. The standard InChI is InChI=1S/C27H25N7O6/c1-14-30-32-24(33-31-14)16-7-5-15(6-8-16)13-17(23(28)36)11-12-40-20-4-2-3-18-22(20)27(39)34(26(18)38)19-9-10-21(35)29-25(19)37/h2-8,17,19H,9-13H2,1H3,(H2,28,36)(H,29,35,37). The summed E-state index contributed by atoms with van der Waals surface area (Å²) in [5.74, 6) is -2.47. The molecule has 1 fully saturated rings. The minimum atomic E-state index is -1.08. The summed E-state index contributed by atoms with van der Waals surface area (Å²) in [4.78, 5) is 63.1. The Kier molecular flexibility index (Phi) is 7.27. The van der Waals surface area contributed by atoms with Crippen LogP contribution in [0.5, 0.6) is 5.75 Å². The maximum absolute atomic E-state index is 13.2. The van der Waals surface area contributed by atoms with Gasteiger partial charge in [0.1, 0.15) is 11.8 Å². The van der Waals surface area contributed by atoms with E-state index in [1.807, 2.05) is 24.3 Å². The van der Waals surface area contributed by atoms with Gasteiger partial charge in [-0.1, -0.05) is 30.3 Å². The molecular weight excluding hydrogens is 518 g/mol. The first kappa shape index (κ1) is 26.5. The maximum Gasteiger partial charge on any atom is 0.266 e. The van der Waals surface area contributed by atoms with Gasteiger partial charge in [-0.25, -0.2) is 0 Å². The third-order valence-corrected chi connectivity index (χ3v) is 6.83. The molecule has 204 valence electrons. The van der Waals surface area contributed by atoms with E-state index in [2.05, 4.69) is 25.7 Å². The number of nitrogens with zero attached hydrogens (tertiary/aromatic N) is 5. The number of carbonyl (C=O) groups excluding carboxylic acids is 5. The minimum absolute atomic E-state index is 0.0263. The predicted molar refractivity (Wildman–Crippen MR) is 137 cm³/mol.